The molecule has 1 aliphatic rings. The number of rotatable bonds is 1. The summed E-state index contributed by atoms with van der Waals surface area (Å²) in [6, 6.07) is 0.366. The van der Waals surface area contributed by atoms with Gasteiger partial charge in [0.05, 0.1) is 11.7 Å². The van der Waals surface area contributed by atoms with Gasteiger partial charge in [0.1, 0.15) is 12.1 Å². The molecule has 3 N–H and O–H groups in total. The first-order valence-electron chi connectivity index (χ1n) is 4.15. The molecular weight excluding hydrogens is 152 g/mol. The molecule has 0 saturated carbocycles. The molecule has 0 amide bonds. The number of aromatic nitrogens is 2. The van der Waals surface area contributed by atoms with Crippen LogP contribution in [0.4, 0.5) is 5.82 Å². The lowest BCUT2D eigenvalue weighted by Crippen LogP contribution is -2.10. The Bertz CT molecular complexity index is 297. The van der Waals surface area contributed by atoms with Crippen LogP contribution >= 0.6 is 0 Å². The van der Waals surface area contributed by atoms with E-state index in [0.29, 0.717) is 11.9 Å². The van der Waals surface area contributed by atoms with Gasteiger partial charge in [0.25, 0.3) is 0 Å². The first-order chi connectivity index (χ1) is 5.83. The summed E-state index contributed by atoms with van der Waals surface area (Å²) < 4.78 is 0. The zero-order chi connectivity index (χ0) is 8.55. The van der Waals surface area contributed by atoms with Gasteiger partial charge in [0.15, 0.2) is 0 Å². The van der Waals surface area contributed by atoms with Crippen LogP contribution in [0.15, 0.2) is 6.33 Å². The molecule has 0 aliphatic carbocycles. The molecule has 2 heterocycles. The van der Waals surface area contributed by atoms with E-state index in [1.54, 1.807) is 0 Å². The number of nitrogens with one attached hydrogen (secondary N) is 1. The van der Waals surface area contributed by atoms with Gasteiger partial charge in [-0.2, -0.15) is 0 Å². The second kappa shape index (κ2) is 2.71. The van der Waals surface area contributed by atoms with Crippen molar-refractivity contribution in [2.75, 3.05) is 5.73 Å². The number of anilines is 1. The second-order valence-electron chi connectivity index (χ2n) is 2.96. The molecule has 0 fully saturated rings. The van der Waals surface area contributed by atoms with E-state index in [2.05, 4.69) is 22.2 Å². The van der Waals surface area contributed by atoms with Crippen LogP contribution in [-0.2, 0) is 6.54 Å². The molecule has 0 spiro atoms. The van der Waals surface area contributed by atoms with Gasteiger partial charge in [-0.1, -0.05) is 6.92 Å². The van der Waals surface area contributed by atoms with Gasteiger partial charge in [0, 0.05) is 12.1 Å². The van der Waals surface area contributed by atoms with Gasteiger partial charge in [0.2, 0.25) is 0 Å². The van der Waals surface area contributed by atoms with E-state index in [1.807, 2.05) is 0 Å². The monoisotopic (exact) mass is 164 g/mol. The highest BCUT2D eigenvalue weighted by atomic mass is 15.0. The molecule has 4 heteroatoms. The lowest BCUT2D eigenvalue weighted by Gasteiger charge is -2.06. The summed E-state index contributed by atoms with van der Waals surface area (Å²) in [5, 5.41) is 3.33. The third-order valence-corrected chi connectivity index (χ3v) is 2.28. The van der Waals surface area contributed by atoms with E-state index in [4.69, 9.17) is 5.73 Å². The Balaban J connectivity index is 2.46. The van der Waals surface area contributed by atoms with Gasteiger partial charge < -0.3 is 11.1 Å². The minimum atomic E-state index is 0.366. The molecular formula is C8H12N4. The van der Waals surface area contributed by atoms with E-state index in [9.17, 15) is 0 Å². The molecule has 1 aromatic rings. The minimum Gasteiger partial charge on any atom is -0.383 e. The van der Waals surface area contributed by atoms with Crippen LogP contribution in [0.5, 0.6) is 0 Å². The summed E-state index contributed by atoms with van der Waals surface area (Å²) in [4.78, 5) is 8.16. The zero-order valence-corrected chi connectivity index (χ0v) is 7.04. The molecule has 64 valence electrons. The van der Waals surface area contributed by atoms with Gasteiger partial charge in [-0.15, -0.1) is 0 Å². The SMILES string of the molecule is CCC1NCc2c(N)ncnc21. The number of hydrogen-bond acceptors (Lipinski definition) is 4. The smallest absolute Gasteiger partial charge is 0.131 e. The standard InChI is InChI=1S/C8H12N4/c1-2-6-7-5(3-10-6)8(9)12-4-11-7/h4,6,10H,2-3H2,1H3,(H2,9,11,12). The fraction of sp³-hybridized carbons (Fsp3) is 0.500. The summed E-state index contributed by atoms with van der Waals surface area (Å²) in [6.45, 7) is 2.94. The van der Waals surface area contributed by atoms with Crippen molar-refractivity contribution in [3.05, 3.63) is 17.6 Å². The van der Waals surface area contributed by atoms with Crippen molar-refractivity contribution in [1.29, 1.82) is 0 Å². The molecule has 1 unspecified atom stereocenters. The van der Waals surface area contributed by atoms with Crippen molar-refractivity contribution in [2.45, 2.75) is 25.9 Å². The van der Waals surface area contributed by atoms with E-state index >= 15 is 0 Å². The van der Waals surface area contributed by atoms with Crippen molar-refractivity contribution in [3.63, 3.8) is 0 Å². The molecule has 0 saturated heterocycles. The Hall–Kier alpha value is -1.16. The number of nitrogens with zero attached hydrogens (tertiary/aromatic N) is 2. The molecule has 1 atom stereocenters. The van der Waals surface area contributed by atoms with Crippen molar-refractivity contribution < 1.29 is 0 Å². The van der Waals surface area contributed by atoms with Crippen molar-refractivity contribution >= 4 is 5.82 Å². The van der Waals surface area contributed by atoms with Gasteiger partial charge in [-0.25, -0.2) is 9.97 Å². The molecule has 0 bridgehead atoms. The quantitative estimate of drug-likeness (QED) is 0.638. The first-order valence-corrected chi connectivity index (χ1v) is 4.15. The van der Waals surface area contributed by atoms with Crippen LogP contribution in [0.1, 0.15) is 30.6 Å². The molecule has 1 aliphatic heterocycles. The van der Waals surface area contributed by atoms with Crippen molar-refractivity contribution in [2.24, 2.45) is 0 Å². The molecule has 2 rings (SSSR count). The summed E-state index contributed by atoms with van der Waals surface area (Å²) in [5.41, 5.74) is 7.85. The predicted molar refractivity (Wildman–Crippen MR) is 46.3 cm³/mol. The van der Waals surface area contributed by atoms with Crippen LogP contribution in [0, 0.1) is 0 Å². The number of nitrogens with two attached hydrogens (primary N) is 1. The van der Waals surface area contributed by atoms with Gasteiger partial charge >= 0.3 is 0 Å². The van der Waals surface area contributed by atoms with Crippen molar-refractivity contribution in [3.8, 4) is 0 Å². The van der Waals surface area contributed by atoms with Crippen LogP contribution in [0.25, 0.3) is 0 Å². The molecule has 4 nitrogen and oxygen atoms in total. The highest BCUT2D eigenvalue weighted by molar-refractivity contribution is 5.44. The molecule has 1 aromatic heterocycles. The van der Waals surface area contributed by atoms with E-state index in [0.717, 1.165) is 24.2 Å². The summed E-state index contributed by atoms with van der Waals surface area (Å²) in [7, 11) is 0. The maximum atomic E-state index is 5.70. The van der Waals surface area contributed by atoms with Gasteiger partial charge in [-0.05, 0) is 6.42 Å². The van der Waals surface area contributed by atoms with E-state index < -0.39 is 0 Å². The largest absolute Gasteiger partial charge is 0.383 e. The average molecular weight is 164 g/mol. The van der Waals surface area contributed by atoms with Crippen LogP contribution in [-0.4, -0.2) is 9.97 Å². The third kappa shape index (κ3) is 0.956. The number of nitrogen functional groups attached to an aromatic ring is 1. The van der Waals surface area contributed by atoms with Crippen LogP contribution < -0.4 is 11.1 Å². The third-order valence-electron chi connectivity index (χ3n) is 2.28. The second-order valence-corrected chi connectivity index (χ2v) is 2.96. The lowest BCUT2D eigenvalue weighted by atomic mass is 10.1. The highest BCUT2D eigenvalue weighted by Gasteiger charge is 2.23. The minimum absolute atomic E-state index is 0.366. The Morgan fingerprint density at radius 3 is 3.25 bits per heavy atom. The molecule has 0 radical (unpaired) electrons. The summed E-state index contributed by atoms with van der Waals surface area (Å²) >= 11 is 0. The van der Waals surface area contributed by atoms with Crippen LogP contribution in [0.3, 0.4) is 0 Å². The Labute approximate surface area is 71.2 Å². The summed E-state index contributed by atoms with van der Waals surface area (Å²) in [5.74, 6) is 0.614. The van der Waals surface area contributed by atoms with E-state index in [-0.39, 0.29) is 0 Å². The maximum Gasteiger partial charge on any atom is 0.131 e. The predicted octanol–water partition coefficient (Wildman–Crippen LogP) is 0.613. The Kier molecular flexibility index (Phi) is 1.69. The Morgan fingerprint density at radius 1 is 1.67 bits per heavy atom. The topological polar surface area (TPSA) is 63.8 Å². The number of hydrogen-bond donors (Lipinski definition) is 2. The fourth-order valence-corrected chi connectivity index (χ4v) is 1.58. The molecule has 12 heavy (non-hydrogen) atoms. The Morgan fingerprint density at radius 2 is 2.50 bits per heavy atom. The molecule has 0 aromatic carbocycles. The normalized spacial score (nSPS) is 20.9. The maximum absolute atomic E-state index is 5.70. The zero-order valence-electron chi connectivity index (χ0n) is 7.04. The first kappa shape index (κ1) is 7.49. The number of fused-ring (bicyclic) bond motifs is 1. The highest BCUT2D eigenvalue weighted by Crippen LogP contribution is 2.27. The van der Waals surface area contributed by atoms with Crippen molar-refractivity contribution in [1.82, 2.24) is 15.3 Å². The van der Waals surface area contributed by atoms with Gasteiger partial charge in [-0.3, -0.25) is 0 Å². The lowest BCUT2D eigenvalue weighted by molar-refractivity contribution is 0.558. The average Bonchev–Trinajstić information content (AvgIpc) is 2.49. The summed E-state index contributed by atoms with van der Waals surface area (Å²) in [6.07, 6.45) is 2.58. The van der Waals surface area contributed by atoms with E-state index in [1.165, 1.54) is 6.33 Å². The fourth-order valence-electron chi connectivity index (χ4n) is 1.58. The van der Waals surface area contributed by atoms with Crippen LogP contribution in [0.2, 0.25) is 0 Å².